The van der Waals surface area contributed by atoms with Gasteiger partial charge < -0.3 is 9.47 Å². The molecular weight excluding hydrogens is 503 g/mol. The molecule has 212 valence electrons. The first-order valence-electron chi connectivity index (χ1n) is 13.6. The molecule has 0 N–H and O–H groups in total. The van der Waals surface area contributed by atoms with Gasteiger partial charge in [-0.25, -0.2) is 13.6 Å². The smallest absolute Gasteiger partial charge is 0.391 e. The van der Waals surface area contributed by atoms with Crippen LogP contribution in [-0.2, 0) is 4.74 Å². The lowest BCUT2D eigenvalue weighted by Crippen LogP contribution is -2.25. The maximum atomic E-state index is 14.8. The molecule has 0 aliphatic carbocycles. The highest BCUT2D eigenvalue weighted by molar-refractivity contribution is 5.90. The van der Waals surface area contributed by atoms with E-state index in [0.717, 1.165) is 31.7 Å². The van der Waals surface area contributed by atoms with E-state index >= 15 is 0 Å². The van der Waals surface area contributed by atoms with E-state index in [4.69, 9.17) is 9.47 Å². The van der Waals surface area contributed by atoms with Gasteiger partial charge in [0.2, 0.25) is 0 Å². The minimum Gasteiger partial charge on any atom is -0.494 e. The lowest BCUT2D eigenvalue weighted by Gasteiger charge is -2.20. The van der Waals surface area contributed by atoms with Crippen molar-refractivity contribution in [3.05, 3.63) is 53.6 Å². The fourth-order valence-corrected chi connectivity index (χ4v) is 4.22. The molecule has 0 spiro atoms. The monoisotopic (exact) mass is 542 g/mol. The van der Waals surface area contributed by atoms with Crippen LogP contribution >= 0.6 is 0 Å². The molecule has 2 rings (SSSR count). The topological polar surface area (TPSA) is 35.5 Å². The third kappa shape index (κ3) is 10.3. The molecule has 1 atom stereocenters. The Hall–Kier alpha value is -2.64. The Bertz CT molecular complexity index is 973. The summed E-state index contributed by atoms with van der Waals surface area (Å²) in [6, 6.07) is 8.87. The first kappa shape index (κ1) is 31.6. The number of rotatable bonds is 17. The number of ether oxygens (including phenoxy) is 2. The van der Waals surface area contributed by atoms with Gasteiger partial charge in [0, 0.05) is 5.56 Å². The van der Waals surface area contributed by atoms with Crippen molar-refractivity contribution in [2.45, 2.75) is 90.7 Å². The minimum absolute atomic E-state index is 0.0469. The largest absolute Gasteiger partial charge is 0.494 e. The van der Waals surface area contributed by atoms with Crippen LogP contribution in [0.4, 0.5) is 22.0 Å². The molecule has 38 heavy (non-hydrogen) atoms. The first-order chi connectivity index (χ1) is 18.2. The molecule has 0 fully saturated rings. The Morgan fingerprint density at radius 1 is 0.763 bits per heavy atom. The van der Waals surface area contributed by atoms with Crippen LogP contribution < -0.4 is 4.74 Å². The van der Waals surface area contributed by atoms with Crippen molar-refractivity contribution in [1.82, 2.24) is 0 Å². The average molecular weight is 543 g/mol. The van der Waals surface area contributed by atoms with E-state index in [1.165, 1.54) is 25.3 Å². The van der Waals surface area contributed by atoms with Crippen molar-refractivity contribution < 1.29 is 36.2 Å². The van der Waals surface area contributed by atoms with Gasteiger partial charge >= 0.3 is 12.1 Å². The average Bonchev–Trinajstić information content (AvgIpc) is 2.88. The summed E-state index contributed by atoms with van der Waals surface area (Å²) in [5.41, 5.74) is -0.303. The lowest BCUT2D eigenvalue weighted by atomic mass is 9.97. The number of hydrogen-bond donors (Lipinski definition) is 0. The van der Waals surface area contributed by atoms with E-state index in [1.54, 1.807) is 24.3 Å². The number of benzene rings is 2. The Kier molecular flexibility index (Phi) is 13.6. The van der Waals surface area contributed by atoms with Gasteiger partial charge in [0.05, 0.1) is 24.7 Å². The fourth-order valence-electron chi connectivity index (χ4n) is 4.22. The lowest BCUT2D eigenvalue weighted by molar-refractivity contribution is -0.180. The summed E-state index contributed by atoms with van der Waals surface area (Å²) in [6.07, 6.45) is 3.58. The highest BCUT2D eigenvalue weighted by Crippen LogP contribution is 2.33. The van der Waals surface area contributed by atoms with Crippen molar-refractivity contribution >= 4 is 5.97 Å². The van der Waals surface area contributed by atoms with Crippen molar-refractivity contribution in [1.29, 1.82) is 0 Å². The van der Waals surface area contributed by atoms with Gasteiger partial charge in [-0.2, -0.15) is 13.2 Å². The molecule has 2 aromatic rings. The molecule has 3 nitrogen and oxygen atoms in total. The summed E-state index contributed by atoms with van der Waals surface area (Å²) in [5.74, 6) is -4.81. The number of carbonyl (C=O) groups is 1. The molecule has 0 radical (unpaired) electrons. The summed E-state index contributed by atoms with van der Waals surface area (Å²) in [7, 11) is 0. The Morgan fingerprint density at radius 2 is 1.39 bits per heavy atom. The van der Waals surface area contributed by atoms with Gasteiger partial charge in [0.15, 0.2) is 11.6 Å². The maximum absolute atomic E-state index is 14.8. The molecule has 0 heterocycles. The van der Waals surface area contributed by atoms with E-state index in [2.05, 4.69) is 6.92 Å². The summed E-state index contributed by atoms with van der Waals surface area (Å²) in [4.78, 5) is 12.3. The maximum Gasteiger partial charge on any atom is 0.391 e. The fraction of sp³-hybridized carbons (Fsp3) is 0.567. The molecule has 0 saturated heterocycles. The Labute approximate surface area is 222 Å². The second kappa shape index (κ2) is 16.4. The zero-order valence-electron chi connectivity index (χ0n) is 22.3. The normalized spacial score (nSPS) is 12.4. The predicted octanol–water partition coefficient (Wildman–Crippen LogP) is 9.68. The quantitative estimate of drug-likeness (QED) is 0.113. The molecule has 0 saturated carbocycles. The van der Waals surface area contributed by atoms with Crippen LogP contribution in [0, 0.1) is 17.6 Å². The third-order valence-electron chi connectivity index (χ3n) is 6.55. The van der Waals surface area contributed by atoms with Crippen LogP contribution in [0.25, 0.3) is 11.1 Å². The van der Waals surface area contributed by atoms with Gasteiger partial charge in [-0.3, -0.25) is 0 Å². The zero-order valence-corrected chi connectivity index (χ0v) is 22.3. The number of hydrogen-bond acceptors (Lipinski definition) is 3. The first-order valence-corrected chi connectivity index (χ1v) is 13.6. The van der Waals surface area contributed by atoms with Crippen LogP contribution in [0.5, 0.6) is 5.75 Å². The van der Waals surface area contributed by atoms with Gasteiger partial charge in [-0.1, -0.05) is 83.4 Å². The van der Waals surface area contributed by atoms with Crippen LogP contribution in [-0.4, -0.2) is 25.4 Å². The van der Waals surface area contributed by atoms with E-state index in [-0.39, 0.29) is 12.0 Å². The third-order valence-corrected chi connectivity index (χ3v) is 6.55. The van der Waals surface area contributed by atoms with Gasteiger partial charge in [0.1, 0.15) is 5.75 Å². The van der Waals surface area contributed by atoms with Crippen LogP contribution in [0.3, 0.4) is 0 Å². The molecule has 0 aliphatic rings. The zero-order chi connectivity index (χ0) is 28.0. The molecule has 0 bridgehead atoms. The second-order valence-electron chi connectivity index (χ2n) is 9.59. The van der Waals surface area contributed by atoms with Crippen molar-refractivity contribution in [3.8, 4) is 16.9 Å². The van der Waals surface area contributed by atoms with E-state index in [1.807, 2.05) is 6.92 Å². The van der Waals surface area contributed by atoms with Crippen LogP contribution in [0.15, 0.2) is 36.4 Å². The van der Waals surface area contributed by atoms with E-state index < -0.39 is 48.3 Å². The molecular formula is C30H39F5O3. The summed E-state index contributed by atoms with van der Waals surface area (Å²) >= 11 is 0. The molecule has 2 aromatic carbocycles. The summed E-state index contributed by atoms with van der Waals surface area (Å²) in [5, 5.41) is 0. The molecule has 0 amide bonds. The molecule has 1 unspecified atom stereocenters. The van der Waals surface area contributed by atoms with E-state index in [9.17, 15) is 26.7 Å². The van der Waals surface area contributed by atoms with Crippen molar-refractivity contribution in [3.63, 3.8) is 0 Å². The predicted molar refractivity (Wildman–Crippen MR) is 139 cm³/mol. The minimum atomic E-state index is -4.41. The van der Waals surface area contributed by atoms with Crippen molar-refractivity contribution in [2.75, 3.05) is 13.2 Å². The molecule has 8 heteroatoms. The summed E-state index contributed by atoms with van der Waals surface area (Å²) < 4.78 is 79.9. The number of carbonyl (C=O) groups excluding carboxylic acids is 1. The van der Waals surface area contributed by atoms with Crippen molar-refractivity contribution in [2.24, 2.45) is 5.92 Å². The number of esters is 1. The van der Waals surface area contributed by atoms with Gasteiger partial charge in [0.25, 0.3) is 0 Å². The summed E-state index contributed by atoms with van der Waals surface area (Å²) in [6.45, 7) is 4.17. The second-order valence-corrected chi connectivity index (χ2v) is 9.59. The van der Waals surface area contributed by atoms with Crippen LogP contribution in [0.2, 0.25) is 0 Å². The number of unbranched alkanes of at least 4 members (excludes halogenated alkanes) is 7. The standard InChI is InChI=1S/C30H39F5O3/c1-3-5-7-9-11-20-37-24-15-13-22(14-16-24)25-17-18-26(28(32)27(25)31)29(36)38-21-19-23(30(33,34)35)12-10-8-6-4-2/h13-18,23H,3-12,19-21H2,1-2H3. The highest BCUT2D eigenvalue weighted by atomic mass is 19.4. The molecule has 0 aromatic heterocycles. The van der Waals surface area contributed by atoms with Gasteiger partial charge in [-0.15, -0.1) is 0 Å². The van der Waals surface area contributed by atoms with Crippen LogP contribution in [0.1, 0.15) is 94.8 Å². The number of halogens is 5. The number of alkyl halides is 3. The molecule has 0 aliphatic heterocycles. The Morgan fingerprint density at radius 3 is 2.03 bits per heavy atom. The Balaban J connectivity index is 1.94. The SMILES string of the molecule is CCCCCCCOc1ccc(-c2ccc(C(=O)OCCC(CCCCCC)C(F)(F)F)c(F)c2F)cc1. The highest BCUT2D eigenvalue weighted by Gasteiger charge is 2.38. The van der Waals surface area contributed by atoms with E-state index in [0.29, 0.717) is 30.8 Å². The van der Waals surface area contributed by atoms with Gasteiger partial charge in [-0.05, 0) is 43.0 Å².